The van der Waals surface area contributed by atoms with Gasteiger partial charge in [0.25, 0.3) is 0 Å². The summed E-state index contributed by atoms with van der Waals surface area (Å²) < 4.78 is 1.13. The molecule has 0 aliphatic rings. The summed E-state index contributed by atoms with van der Waals surface area (Å²) in [5.41, 5.74) is 7.44. The molecule has 0 aliphatic carbocycles. The number of nitrogens with two attached hydrogens (primary N) is 1. The molecular formula is C12H9N3S2. The summed E-state index contributed by atoms with van der Waals surface area (Å²) in [5.74, 6) is 0. The second kappa shape index (κ2) is 4.35. The van der Waals surface area contributed by atoms with Crippen molar-refractivity contribution in [1.82, 2.24) is 9.97 Å². The van der Waals surface area contributed by atoms with E-state index in [1.165, 1.54) is 0 Å². The number of benzene rings is 1. The Kier molecular flexibility index (Phi) is 2.70. The zero-order valence-corrected chi connectivity index (χ0v) is 10.5. The van der Waals surface area contributed by atoms with Gasteiger partial charge in [-0.25, -0.2) is 9.97 Å². The van der Waals surface area contributed by atoms with Crippen LogP contribution in [0.3, 0.4) is 0 Å². The molecule has 0 amide bonds. The van der Waals surface area contributed by atoms with Gasteiger partial charge in [0.2, 0.25) is 0 Å². The molecule has 3 aromatic rings. The maximum atomic E-state index is 5.66. The standard InChI is InChI=1S/C12H9N3S2/c13-8-1-3-9(4-2-8)17-12-11-10(5-6-16-11)14-7-15-12/h1-7H,13H2. The summed E-state index contributed by atoms with van der Waals surface area (Å²) in [4.78, 5) is 9.68. The van der Waals surface area contributed by atoms with Gasteiger partial charge in [0, 0.05) is 10.6 Å². The van der Waals surface area contributed by atoms with Crippen molar-refractivity contribution in [2.24, 2.45) is 0 Å². The van der Waals surface area contributed by atoms with E-state index in [9.17, 15) is 0 Å². The molecule has 0 bridgehead atoms. The SMILES string of the molecule is Nc1ccc(Sc2ncnc3ccsc23)cc1. The van der Waals surface area contributed by atoms with Gasteiger partial charge in [-0.3, -0.25) is 0 Å². The minimum absolute atomic E-state index is 0.776. The lowest BCUT2D eigenvalue weighted by molar-refractivity contribution is 1.11. The average molecular weight is 259 g/mol. The Morgan fingerprint density at radius 2 is 1.88 bits per heavy atom. The summed E-state index contributed by atoms with van der Waals surface area (Å²) in [6, 6.07) is 9.81. The highest BCUT2D eigenvalue weighted by Gasteiger charge is 2.06. The number of nitrogen functional groups attached to an aromatic ring is 1. The van der Waals surface area contributed by atoms with Crippen LogP contribution in [0.2, 0.25) is 0 Å². The highest BCUT2D eigenvalue weighted by atomic mass is 32.2. The number of anilines is 1. The van der Waals surface area contributed by atoms with E-state index < -0.39 is 0 Å². The first-order chi connectivity index (χ1) is 8.33. The maximum absolute atomic E-state index is 5.66. The smallest absolute Gasteiger partial charge is 0.122 e. The quantitative estimate of drug-likeness (QED) is 0.566. The van der Waals surface area contributed by atoms with Crippen molar-refractivity contribution in [2.75, 3.05) is 5.73 Å². The number of hydrogen-bond donors (Lipinski definition) is 1. The van der Waals surface area contributed by atoms with Crippen LogP contribution in [0.25, 0.3) is 10.2 Å². The summed E-state index contributed by atoms with van der Waals surface area (Å²) >= 11 is 3.30. The third kappa shape index (κ3) is 2.11. The van der Waals surface area contributed by atoms with E-state index >= 15 is 0 Å². The molecule has 2 N–H and O–H groups in total. The molecule has 2 aromatic heterocycles. The van der Waals surface area contributed by atoms with Crippen molar-refractivity contribution in [3.8, 4) is 0 Å². The number of nitrogens with zero attached hydrogens (tertiary/aromatic N) is 2. The van der Waals surface area contributed by atoms with Gasteiger partial charge in [0.1, 0.15) is 11.4 Å². The zero-order chi connectivity index (χ0) is 11.7. The van der Waals surface area contributed by atoms with Gasteiger partial charge in [0.15, 0.2) is 0 Å². The first kappa shape index (κ1) is 10.6. The zero-order valence-electron chi connectivity index (χ0n) is 8.83. The van der Waals surface area contributed by atoms with Crippen LogP contribution in [0, 0.1) is 0 Å². The Labute approximate surface area is 107 Å². The fourth-order valence-corrected chi connectivity index (χ4v) is 3.28. The van der Waals surface area contributed by atoms with Gasteiger partial charge < -0.3 is 5.73 Å². The van der Waals surface area contributed by atoms with Gasteiger partial charge in [-0.15, -0.1) is 11.3 Å². The Morgan fingerprint density at radius 3 is 2.71 bits per heavy atom. The first-order valence-electron chi connectivity index (χ1n) is 5.04. The van der Waals surface area contributed by atoms with Crippen LogP contribution in [0.15, 0.2) is 52.0 Å². The van der Waals surface area contributed by atoms with Gasteiger partial charge >= 0.3 is 0 Å². The van der Waals surface area contributed by atoms with Crippen molar-refractivity contribution < 1.29 is 0 Å². The lowest BCUT2D eigenvalue weighted by Gasteiger charge is -2.02. The average Bonchev–Trinajstić information content (AvgIpc) is 2.81. The highest BCUT2D eigenvalue weighted by Crippen LogP contribution is 2.33. The highest BCUT2D eigenvalue weighted by molar-refractivity contribution is 7.99. The van der Waals surface area contributed by atoms with Gasteiger partial charge in [-0.05, 0) is 35.7 Å². The minimum atomic E-state index is 0.776. The van der Waals surface area contributed by atoms with Crippen LogP contribution in [-0.4, -0.2) is 9.97 Å². The Bertz CT molecular complexity index is 646. The number of fused-ring (bicyclic) bond motifs is 1. The molecule has 1 aromatic carbocycles. The molecule has 0 aliphatic heterocycles. The number of hydrogen-bond acceptors (Lipinski definition) is 5. The van der Waals surface area contributed by atoms with E-state index in [0.717, 1.165) is 25.8 Å². The number of thiophene rings is 1. The molecule has 84 valence electrons. The van der Waals surface area contributed by atoms with E-state index in [2.05, 4.69) is 9.97 Å². The van der Waals surface area contributed by atoms with E-state index in [1.807, 2.05) is 35.7 Å². The van der Waals surface area contributed by atoms with Crippen LogP contribution >= 0.6 is 23.1 Å². The summed E-state index contributed by atoms with van der Waals surface area (Å²) in [7, 11) is 0. The van der Waals surface area contributed by atoms with E-state index in [1.54, 1.807) is 29.4 Å². The second-order valence-corrected chi connectivity index (χ2v) is 5.46. The molecule has 0 saturated heterocycles. The molecule has 5 heteroatoms. The van der Waals surface area contributed by atoms with Crippen LogP contribution in [0.4, 0.5) is 5.69 Å². The fourth-order valence-electron chi connectivity index (χ4n) is 1.49. The lowest BCUT2D eigenvalue weighted by Crippen LogP contribution is -1.84. The predicted octanol–water partition coefficient (Wildman–Crippen LogP) is 3.42. The molecule has 17 heavy (non-hydrogen) atoms. The molecular weight excluding hydrogens is 250 g/mol. The third-order valence-corrected chi connectivity index (χ3v) is 4.36. The fraction of sp³-hybridized carbons (Fsp3) is 0. The van der Waals surface area contributed by atoms with Crippen LogP contribution in [-0.2, 0) is 0 Å². The first-order valence-corrected chi connectivity index (χ1v) is 6.74. The molecule has 3 rings (SSSR count). The van der Waals surface area contributed by atoms with Gasteiger partial charge in [-0.1, -0.05) is 11.8 Å². The van der Waals surface area contributed by atoms with Crippen molar-refractivity contribution in [3.63, 3.8) is 0 Å². The van der Waals surface area contributed by atoms with Crippen molar-refractivity contribution in [2.45, 2.75) is 9.92 Å². The van der Waals surface area contributed by atoms with E-state index in [4.69, 9.17) is 5.73 Å². The topological polar surface area (TPSA) is 51.8 Å². The second-order valence-electron chi connectivity index (χ2n) is 3.48. The van der Waals surface area contributed by atoms with Crippen LogP contribution in [0.1, 0.15) is 0 Å². The lowest BCUT2D eigenvalue weighted by atomic mass is 10.3. The van der Waals surface area contributed by atoms with E-state index in [-0.39, 0.29) is 0 Å². The Morgan fingerprint density at radius 1 is 1.06 bits per heavy atom. The van der Waals surface area contributed by atoms with Crippen molar-refractivity contribution >= 4 is 39.0 Å². The molecule has 0 radical (unpaired) electrons. The molecule has 0 saturated carbocycles. The molecule has 3 nitrogen and oxygen atoms in total. The van der Waals surface area contributed by atoms with Gasteiger partial charge in [0.05, 0.1) is 10.2 Å². The normalized spacial score (nSPS) is 10.8. The molecule has 0 unspecified atom stereocenters. The Balaban J connectivity index is 1.99. The summed E-state index contributed by atoms with van der Waals surface area (Å²) in [5, 5.41) is 3.03. The predicted molar refractivity (Wildman–Crippen MR) is 72.4 cm³/mol. The third-order valence-electron chi connectivity index (χ3n) is 2.31. The largest absolute Gasteiger partial charge is 0.399 e. The van der Waals surface area contributed by atoms with Crippen molar-refractivity contribution in [1.29, 1.82) is 0 Å². The van der Waals surface area contributed by atoms with E-state index in [0.29, 0.717) is 0 Å². The maximum Gasteiger partial charge on any atom is 0.122 e. The minimum Gasteiger partial charge on any atom is -0.399 e. The van der Waals surface area contributed by atoms with Crippen LogP contribution < -0.4 is 5.73 Å². The Hall–Kier alpha value is -1.59. The van der Waals surface area contributed by atoms with Crippen LogP contribution in [0.5, 0.6) is 0 Å². The summed E-state index contributed by atoms with van der Waals surface area (Å²) in [6.45, 7) is 0. The van der Waals surface area contributed by atoms with Crippen molar-refractivity contribution in [3.05, 3.63) is 42.0 Å². The van der Waals surface area contributed by atoms with Gasteiger partial charge in [-0.2, -0.15) is 0 Å². The number of rotatable bonds is 2. The number of aromatic nitrogens is 2. The molecule has 0 fully saturated rings. The molecule has 2 heterocycles. The summed E-state index contributed by atoms with van der Waals surface area (Å²) in [6.07, 6.45) is 1.61. The molecule has 0 spiro atoms. The molecule has 0 atom stereocenters. The monoisotopic (exact) mass is 259 g/mol.